The molecule has 3 aliphatic rings. The van der Waals surface area contributed by atoms with Crippen LogP contribution in [0.1, 0.15) is 84.4 Å². The molecule has 0 fully saturated rings. The van der Waals surface area contributed by atoms with Crippen LogP contribution in [-0.4, -0.2) is 9.13 Å². The van der Waals surface area contributed by atoms with E-state index >= 15 is 0 Å². The van der Waals surface area contributed by atoms with Crippen molar-refractivity contribution in [1.29, 1.82) is 0 Å². The Kier molecular flexibility index (Phi) is 10.9. The van der Waals surface area contributed by atoms with E-state index in [1.165, 1.54) is 122 Å². The molecule has 2 nitrogen and oxygen atoms in total. The van der Waals surface area contributed by atoms with Crippen molar-refractivity contribution in [2.45, 2.75) is 53.9 Å². The molecule has 6 aromatic carbocycles. The molecule has 11 rings (SSSR count). The minimum absolute atomic E-state index is 0.932. The van der Waals surface area contributed by atoms with Crippen molar-refractivity contribution in [3.05, 3.63) is 262 Å². The first kappa shape index (κ1) is 42.7. The molecule has 0 aliphatic heterocycles. The van der Waals surface area contributed by atoms with Gasteiger partial charge >= 0.3 is 0 Å². The Morgan fingerprint density at radius 2 is 1.03 bits per heavy atom. The lowest BCUT2D eigenvalue weighted by molar-refractivity contribution is 1.09. The first-order chi connectivity index (χ1) is 33.3. The van der Waals surface area contributed by atoms with Gasteiger partial charge in [-0.05, 0) is 216 Å². The van der Waals surface area contributed by atoms with Crippen LogP contribution in [0.4, 0.5) is 0 Å². The molecule has 0 saturated carbocycles. The first-order valence-electron chi connectivity index (χ1n) is 24.0. The summed E-state index contributed by atoms with van der Waals surface area (Å²) in [6.07, 6.45) is 24.4. The van der Waals surface area contributed by atoms with Crippen LogP contribution in [0, 0.1) is 6.92 Å². The third-order valence-electron chi connectivity index (χ3n) is 14.5. The number of rotatable bonds is 11. The zero-order chi connectivity index (χ0) is 46.6. The van der Waals surface area contributed by atoms with Crippen molar-refractivity contribution in [2.24, 2.45) is 0 Å². The summed E-state index contributed by atoms with van der Waals surface area (Å²) in [6, 6.07) is 47.7. The van der Waals surface area contributed by atoms with Crippen LogP contribution in [0.3, 0.4) is 0 Å². The monoisotopic (exact) mass is 876 g/mol. The first-order valence-corrected chi connectivity index (χ1v) is 24.0. The van der Waals surface area contributed by atoms with Crippen LogP contribution in [0.25, 0.3) is 78.7 Å². The van der Waals surface area contributed by atoms with Crippen LogP contribution >= 0.6 is 0 Å². The van der Waals surface area contributed by atoms with Gasteiger partial charge in [-0.2, -0.15) is 0 Å². The van der Waals surface area contributed by atoms with Gasteiger partial charge in [0.15, 0.2) is 0 Å². The van der Waals surface area contributed by atoms with E-state index in [0.29, 0.717) is 0 Å². The molecule has 8 aromatic rings. The molecule has 0 unspecified atom stereocenters. The molecule has 330 valence electrons. The molecular weight excluding hydrogens is 821 g/mol. The summed E-state index contributed by atoms with van der Waals surface area (Å²) in [6.45, 7) is 19.7. The second-order valence-corrected chi connectivity index (χ2v) is 18.7. The SMILES string of the molecule is C=C/C(=C\C1=C(C)CC(C)=C1/C=C(\C=C)c1ccc2c(c1)-c1cc(-n3c(/C=C\C)c(C)c4ccccc43)ccc1C2)c1ccc2c(c1)-c1cc(-n3c(/C=C\C=C/C)cc4ccccc43)ccc1C2. The zero-order valence-corrected chi connectivity index (χ0v) is 39.8. The van der Waals surface area contributed by atoms with Crippen LogP contribution in [0.5, 0.6) is 0 Å². The van der Waals surface area contributed by atoms with Gasteiger partial charge in [-0.3, -0.25) is 0 Å². The molecule has 2 aromatic heterocycles. The lowest BCUT2D eigenvalue weighted by Gasteiger charge is -2.13. The summed E-state index contributed by atoms with van der Waals surface area (Å²) in [5.41, 5.74) is 29.0. The lowest BCUT2D eigenvalue weighted by Crippen LogP contribution is -1.98. The maximum atomic E-state index is 4.38. The summed E-state index contributed by atoms with van der Waals surface area (Å²) < 4.78 is 4.80. The fourth-order valence-corrected chi connectivity index (χ4v) is 11.1. The minimum Gasteiger partial charge on any atom is -0.310 e. The normalized spacial score (nSPS) is 14.7. The van der Waals surface area contributed by atoms with Crippen molar-refractivity contribution in [1.82, 2.24) is 9.13 Å². The number of allylic oxidation sites excluding steroid dienone is 14. The van der Waals surface area contributed by atoms with E-state index in [4.69, 9.17) is 0 Å². The number of nitrogens with zero attached hydrogens (tertiary/aromatic N) is 2. The average molecular weight is 877 g/mol. The Balaban J connectivity index is 0.926. The molecule has 0 atom stereocenters. The molecule has 2 heteroatoms. The minimum atomic E-state index is 0.932. The molecule has 2 heterocycles. The average Bonchev–Trinajstić information content (AvgIpc) is 4.15. The summed E-state index contributed by atoms with van der Waals surface area (Å²) in [7, 11) is 0. The highest BCUT2D eigenvalue weighted by atomic mass is 15.0. The van der Waals surface area contributed by atoms with Crippen molar-refractivity contribution >= 4 is 45.1 Å². The molecule has 0 N–H and O–H groups in total. The van der Waals surface area contributed by atoms with E-state index in [-0.39, 0.29) is 0 Å². The van der Waals surface area contributed by atoms with Gasteiger partial charge in [0.2, 0.25) is 0 Å². The summed E-state index contributed by atoms with van der Waals surface area (Å²) in [5, 5.41) is 2.52. The highest BCUT2D eigenvalue weighted by Crippen LogP contribution is 2.44. The maximum absolute atomic E-state index is 4.38. The van der Waals surface area contributed by atoms with Crippen LogP contribution in [-0.2, 0) is 12.8 Å². The van der Waals surface area contributed by atoms with Crippen LogP contribution in [0.2, 0.25) is 0 Å². The number of hydrogen-bond donors (Lipinski definition) is 0. The number of hydrogen-bond acceptors (Lipinski definition) is 0. The van der Waals surface area contributed by atoms with E-state index in [1.54, 1.807) is 0 Å². The van der Waals surface area contributed by atoms with Crippen LogP contribution < -0.4 is 0 Å². The van der Waals surface area contributed by atoms with Gasteiger partial charge < -0.3 is 9.13 Å². The smallest absolute Gasteiger partial charge is 0.0537 e. The third-order valence-corrected chi connectivity index (χ3v) is 14.5. The highest BCUT2D eigenvalue weighted by molar-refractivity contribution is 5.92. The van der Waals surface area contributed by atoms with Crippen molar-refractivity contribution in [3.8, 4) is 33.6 Å². The van der Waals surface area contributed by atoms with Crippen molar-refractivity contribution < 1.29 is 0 Å². The Bertz CT molecular complexity index is 3660. The van der Waals surface area contributed by atoms with Gasteiger partial charge in [0.25, 0.3) is 0 Å². The topological polar surface area (TPSA) is 9.86 Å². The van der Waals surface area contributed by atoms with E-state index in [0.717, 1.165) is 36.1 Å². The lowest BCUT2D eigenvalue weighted by atomic mass is 9.92. The number of aromatic nitrogens is 2. The molecular formula is C66H56N2. The van der Waals surface area contributed by atoms with Gasteiger partial charge in [-0.25, -0.2) is 0 Å². The van der Waals surface area contributed by atoms with E-state index in [9.17, 15) is 0 Å². The van der Waals surface area contributed by atoms with E-state index in [2.05, 4.69) is 233 Å². The Labute approximate surface area is 401 Å². The zero-order valence-electron chi connectivity index (χ0n) is 39.8. The van der Waals surface area contributed by atoms with E-state index < -0.39 is 0 Å². The van der Waals surface area contributed by atoms with E-state index in [1.807, 2.05) is 12.2 Å². The summed E-state index contributed by atoms with van der Waals surface area (Å²) >= 11 is 0. The molecule has 0 radical (unpaired) electrons. The van der Waals surface area contributed by atoms with Gasteiger partial charge in [-0.1, -0.05) is 134 Å². The van der Waals surface area contributed by atoms with Gasteiger partial charge in [0.1, 0.15) is 0 Å². The van der Waals surface area contributed by atoms with Gasteiger partial charge in [-0.15, -0.1) is 0 Å². The van der Waals surface area contributed by atoms with Crippen molar-refractivity contribution in [2.75, 3.05) is 0 Å². The molecule has 0 bridgehead atoms. The van der Waals surface area contributed by atoms with Gasteiger partial charge in [0, 0.05) is 33.5 Å². The second kappa shape index (κ2) is 17.4. The standard InChI is InChI=1S/C66H56N2/c1-8-12-13-20-54-35-53-19-14-16-22-65(53)67(54)55-30-28-51-33-49-26-24-47(38-60(49)62(51)40-55)45(10-3)36-58-42(5)32-43(6)59(58)37-46(11-4)48-25-27-50-34-52-29-31-56(41-63(52)61(50)39-48)68-64(18-9-2)44(7)57-21-15-17-23-66(57)68/h8-31,35-41H,3-4,32-34H2,1-2,5-7H3/b12-8-,18-9-,20-13-,45-36+,46-37+. The predicted octanol–water partition coefficient (Wildman–Crippen LogP) is 17.5. The molecule has 3 aliphatic carbocycles. The molecule has 0 spiro atoms. The molecule has 0 amide bonds. The number of benzene rings is 6. The quantitative estimate of drug-likeness (QED) is 0.115. The van der Waals surface area contributed by atoms with Crippen LogP contribution in [0.15, 0.2) is 211 Å². The van der Waals surface area contributed by atoms with Crippen molar-refractivity contribution in [3.63, 3.8) is 0 Å². The molecule has 0 saturated heterocycles. The number of para-hydroxylation sites is 2. The highest BCUT2D eigenvalue weighted by Gasteiger charge is 2.25. The fraction of sp³-hybridized carbons (Fsp3) is 0.121. The second-order valence-electron chi connectivity index (χ2n) is 18.7. The third kappa shape index (κ3) is 7.20. The molecule has 68 heavy (non-hydrogen) atoms. The maximum Gasteiger partial charge on any atom is 0.0537 e. The predicted molar refractivity (Wildman–Crippen MR) is 293 cm³/mol. The summed E-state index contributed by atoms with van der Waals surface area (Å²) in [5.74, 6) is 0. The largest absolute Gasteiger partial charge is 0.310 e. The number of aryl methyl sites for hydroxylation is 1. The van der Waals surface area contributed by atoms with Gasteiger partial charge in [0.05, 0.1) is 11.0 Å². The number of fused-ring (bicyclic) bond motifs is 8. The Morgan fingerprint density at radius 1 is 0.500 bits per heavy atom. The Hall–Kier alpha value is -7.94. The Morgan fingerprint density at radius 3 is 1.60 bits per heavy atom. The fourth-order valence-electron chi connectivity index (χ4n) is 11.1. The summed E-state index contributed by atoms with van der Waals surface area (Å²) in [4.78, 5) is 0.